The van der Waals surface area contributed by atoms with Crippen LogP contribution >= 0.6 is 0 Å². The number of pyridine rings is 1. The van der Waals surface area contributed by atoms with E-state index in [0.717, 1.165) is 24.1 Å². The van der Waals surface area contributed by atoms with Crippen molar-refractivity contribution in [2.75, 3.05) is 13.2 Å². The molecule has 2 rings (SSSR count). The van der Waals surface area contributed by atoms with Gasteiger partial charge in [-0.3, -0.25) is 0 Å². The van der Waals surface area contributed by atoms with Crippen molar-refractivity contribution in [3.05, 3.63) is 59.5 Å². The van der Waals surface area contributed by atoms with Gasteiger partial charge >= 0.3 is 0 Å². The van der Waals surface area contributed by atoms with E-state index < -0.39 is 0 Å². The summed E-state index contributed by atoms with van der Waals surface area (Å²) in [5.41, 5.74) is 1.99. The second kappa shape index (κ2) is 10.3. The number of guanidine groups is 1. The minimum atomic E-state index is -0.233. The molecule has 0 amide bonds. The molecule has 1 aromatic carbocycles. The van der Waals surface area contributed by atoms with E-state index in [0.29, 0.717) is 31.5 Å². The number of nitrogens with one attached hydrogen (secondary N) is 2. The highest BCUT2D eigenvalue weighted by Gasteiger charge is 2.00. The van der Waals surface area contributed by atoms with Crippen LogP contribution in [0.3, 0.4) is 0 Å². The second-order valence-corrected chi connectivity index (χ2v) is 5.53. The Bertz CT molecular complexity index is 656. The van der Waals surface area contributed by atoms with Crippen LogP contribution in [0.4, 0.5) is 4.39 Å². The summed E-state index contributed by atoms with van der Waals surface area (Å²) in [6.45, 7) is 6.59. The summed E-state index contributed by atoms with van der Waals surface area (Å²) in [5.74, 6) is 1.11. The molecule has 0 aliphatic rings. The summed E-state index contributed by atoms with van der Waals surface area (Å²) in [6, 6.07) is 10.2. The molecule has 25 heavy (non-hydrogen) atoms. The molecule has 0 atom stereocenters. The number of halogens is 1. The van der Waals surface area contributed by atoms with Crippen LogP contribution in [-0.4, -0.2) is 24.1 Å². The topological polar surface area (TPSA) is 58.5 Å². The summed E-state index contributed by atoms with van der Waals surface area (Å²) in [4.78, 5) is 8.82. The summed E-state index contributed by atoms with van der Waals surface area (Å²) in [6.07, 6.45) is 2.73. The molecule has 1 heterocycles. The molecule has 0 radical (unpaired) electrons. The van der Waals surface area contributed by atoms with Crippen molar-refractivity contribution < 1.29 is 9.13 Å². The first-order valence-corrected chi connectivity index (χ1v) is 8.55. The van der Waals surface area contributed by atoms with Gasteiger partial charge in [0, 0.05) is 25.4 Å². The molecule has 0 unspecified atom stereocenters. The molecule has 2 N–H and O–H groups in total. The lowest BCUT2D eigenvalue weighted by atomic mass is 10.2. The molecule has 0 saturated carbocycles. The highest BCUT2D eigenvalue weighted by atomic mass is 19.1. The fourth-order valence-corrected chi connectivity index (χ4v) is 2.10. The van der Waals surface area contributed by atoms with E-state index in [1.165, 1.54) is 12.1 Å². The minimum absolute atomic E-state index is 0.233. The summed E-state index contributed by atoms with van der Waals surface area (Å²) >= 11 is 0. The number of aromatic nitrogens is 1. The number of rotatable bonds is 8. The number of hydrogen-bond donors (Lipinski definition) is 2. The van der Waals surface area contributed by atoms with Crippen molar-refractivity contribution in [3.63, 3.8) is 0 Å². The Morgan fingerprint density at radius 2 is 1.84 bits per heavy atom. The maximum absolute atomic E-state index is 12.9. The number of benzene rings is 1. The number of ether oxygens (including phenoxy) is 1. The highest BCUT2D eigenvalue weighted by Crippen LogP contribution is 2.09. The van der Waals surface area contributed by atoms with Gasteiger partial charge in [0.2, 0.25) is 5.88 Å². The van der Waals surface area contributed by atoms with Gasteiger partial charge in [0.15, 0.2) is 5.96 Å². The van der Waals surface area contributed by atoms with Crippen molar-refractivity contribution in [3.8, 4) is 5.88 Å². The lowest BCUT2D eigenvalue weighted by Crippen LogP contribution is -2.36. The predicted octanol–water partition coefficient (Wildman–Crippen LogP) is 3.26. The lowest BCUT2D eigenvalue weighted by molar-refractivity contribution is 0.305. The molecule has 2 aromatic rings. The van der Waals surface area contributed by atoms with Crippen molar-refractivity contribution in [2.45, 2.75) is 33.4 Å². The van der Waals surface area contributed by atoms with E-state index >= 15 is 0 Å². The van der Waals surface area contributed by atoms with E-state index in [9.17, 15) is 4.39 Å². The zero-order chi connectivity index (χ0) is 17.9. The second-order valence-electron chi connectivity index (χ2n) is 5.53. The van der Waals surface area contributed by atoms with Crippen LogP contribution in [0.2, 0.25) is 0 Å². The average molecular weight is 344 g/mol. The maximum Gasteiger partial charge on any atom is 0.213 e. The summed E-state index contributed by atoms with van der Waals surface area (Å²) in [5, 5.41) is 6.43. The van der Waals surface area contributed by atoms with Gasteiger partial charge in [-0.25, -0.2) is 14.4 Å². The van der Waals surface area contributed by atoms with Crippen molar-refractivity contribution in [2.24, 2.45) is 4.99 Å². The van der Waals surface area contributed by atoms with Gasteiger partial charge in [0.05, 0.1) is 13.2 Å². The van der Waals surface area contributed by atoms with E-state index in [4.69, 9.17) is 4.74 Å². The lowest BCUT2D eigenvalue weighted by Gasteiger charge is -2.11. The largest absolute Gasteiger partial charge is 0.478 e. The van der Waals surface area contributed by atoms with Gasteiger partial charge in [-0.2, -0.15) is 0 Å². The Labute approximate surface area is 148 Å². The Morgan fingerprint density at radius 3 is 2.48 bits per heavy atom. The Kier molecular flexibility index (Phi) is 7.69. The first-order chi connectivity index (χ1) is 12.2. The molecule has 1 aromatic heterocycles. The molecular formula is C19H25FN4O. The third-order valence-corrected chi connectivity index (χ3v) is 3.39. The van der Waals surface area contributed by atoms with Crippen LogP contribution in [0, 0.1) is 5.82 Å². The van der Waals surface area contributed by atoms with Crippen molar-refractivity contribution >= 4 is 5.96 Å². The van der Waals surface area contributed by atoms with Crippen molar-refractivity contribution in [1.82, 2.24) is 15.6 Å². The molecular weight excluding hydrogens is 319 g/mol. The smallest absolute Gasteiger partial charge is 0.213 e. The number of nitrogens with zero attached hydrogens (tertiary/aromatic N) is 2. The predicted molar refractivity (Wildman–Crippen MR) is 98.1 cm³/mol. The van der Waals surface area contributed by atoms with E-state index in [-0.39, 0.29) is 5.82 Å². The Balaban J connectivity index is 1.90. The number of hydrogen-bond acceptors (Lipinski definition) is 3. The minimum Gasteiger partial charge on any atom is -0.478 e. The summed E-state index contributed by atoms with van der Waals surface area (Å²) < 4.78 is 18.4. The first kappa shape index (κ1) is 18.7. The average Bonchev–Trinajstić information content (AvgIpc) is 2.64. The molecule has 5 nitrogen and oxygen atoms in total. The van der Waals surface area contributed by atoms with Crippen LogP contribution < -0.4 is 15.4 Å². The zero-order valence-electron chi connectivity index (χ0n) is 14.8. The normalized spacial score (nSPS) is 11.2. The third kappa shape index (κ3) is 6.79. The zero-order valence-corrected chi connectivity index (χ0v) is 14.8. The van der Waals surface area contributed by atoms with Crippen LogP contribution in [-0.2, 0) is 13.1 Å². The highest BCUT2D eigenvalue weighted by molar-refractivity contribution is 5.79. The quantitative estimate of drug-likeness (QED) is 0.570. The van der Waals surface area contributed by atoms with Gasteiger partial charge in [-0.15, -0.1) is 0 Å². The molecule has 0 aliphatic heterocycles. The maximum atomic E-state index is 12.9. The molecule has 134 valence electrons. The van der Waals surface area contributed by atoms with Gasteiger partial charge < -0.3 is 15.4 Å². The van der Waals surface area contributed by atoms with Gasteiger partial charge in [0.1, 0.15) is 5.82 Å². The van der Waals surface area contributed by atoms with E-state index in [1.807, 2.05) is 19.1 Å². The van der Waals surface area contributed by atoms with Crippen molar-refractivity contribution in [1.29, 1.82) is 0 Å². The fraction of sp³-hybridized carbons (Fsp3) is 0.368. The summed E-state index contributed by atoms with van der Waals surface area (Å²) in [7, 11) is 0. The Morgan fingerprint density at radius 1 is 1.08 bits per heavy atom. The Hall–Kier alpha value is -2.63. The monoisotopic (exact) mass is 344 g/mol. The molecule has 0 aliphatic carbocycles. The van der Waals surface area contributed by atoms with Gasteiger partial charge in [0.25, 0.3) is 0 Å². The van der Waals surface area contributed by atoms with Crippen LogP contribution in [0.25, 0.3) is 0 Å². The molecule has 0 fully saturated rings. The van der Waals surface area contributed by atoms with Gasteiger partial charge in [-0.05, 0) is 36.6 Å². The fourth-order valence-electron chi connectivity index (χ4n) is 2.10. The molecule has 0 bridgehead atoms. The standard InChI is InChI=1S/C19H25FN4O/c1-3-11-25-18-10-7-16(13-22-18)14-24-19(21-4-2)23-12-15-5-8-17(20)9-6-15/h5-10,13H,3-4,11-12,14H2,1-2H3,(H2,21,23,24). The molecule has 6 heteroatoms. The van der Waals surface area contributed by atoms with Crippen LogP contribution in [0.1, 0.15) is 31.4 Å². The van der Waals surface area contributed by atoms with Crippen LogP contribution in [0.5, 0.6) is 5.88 Å². The third-order valence-electron chi connectivity index (χ3n) is 3.39. The van der Waals surface area contributed by atoms with Gasteiger partial charge in [-0.1, -0.05) is 25.1 Å². The SMILES string of the molecule is CCCOc1ccc(CN=C(NCC)NCc2ccc(F)cc2)cn1. The first-order valence-electron chi connectivity index (χ1n) is 8.55. The van der Waals surface area contributed by atoms with E-state index in [2.05, 4.69) is 27.5 Å². The van der Waals surface area contributed by atoms with E-state index in [1.54, 1.807) is 18.3 Å². The molecule has 0 spiro atoms. The molecule has 0 saturated heterocycles. The number of aliphatic imine (C=N–C) groups is 1. The van der Waals surface area contributed by atoms with Crippen LogP contribution in [0.15, 0.2) is 47.6 Å².